The minimum absolute atomic E-state index is 0.235. The molecule has 1 heterocycles. The monoisotopic (exact) mass is 636 g/mol. The Morgan fingerprint density at radius 1 is 0.946 bits per heavy atom. The van der Waals surface area contributed by atoms with E-state index >= 15 is 0 Å². The van der Waals surface area contributed by atoms with Gasteiger partial charge in [0.2, 0.25) is 0 Å². The molecule has 0 saturated heterocycles. The van der Waals surface area contributed by atoms with Crippen molar-refractivity contribution in [2.45, 2.75) is 51.4 Å². The summed E-state index contributed by atoms with van der Waals surface area (Å²) in [7, 11) is 2.05. The van der Waals surface area contributed by atoms with Crippen LogP contribution in [0.25, 0.3) is 0 Å². The standard InChI is InChI=1S/C27H38Br2N6O2/c1-33-23(19-35(32-33)15-13-21-9-11-27(37)25(29)17-21)7-5-3-2-4-6-22(30)18-34(31)14-12-20-8-10-26(36)24(28)16-20/h8-11,16-19,32,36-37H,2-7,12-15,30-31H2,1H3/b22-18-. The van der Waals surface area contributed by atoms with Gasteiger partial charge in [-0.15, -0.1) is 5.53 Å². The smallest absolute Gasteiger partial charge is 0.129 e. The Balaban J connectivity index is 1.28. The maximum absolute atomic E-state index is 9.65. The minimum Gasteiger partial charge on any atom is -0.507 e. The van der Waals surface area contributed by atoms with E-state index in [1.165, 1.54) is 11.3 Å². The first kappa shape index (κ1) is 29.2. The highest BCUT2D eigenvalue weighted by molar-refractivity contribution is 9.10. The van der Waals surface area contributed by atoms with Gasteiger partial charge in [0, 0.05) is 43.9 Å². The Labute approximate surface area is 236 Å². The predicted molar refractivity (Wildman–Crippen MR) is 156 cm³/mol. The molecule has 0 aromatic heterocycles. The zero-order chi connectivity index (χ0) is 26.8. The van der Waals surface area contributed by atoms with E-state index in [4.69, 9.17) is 11.6 Å². The first-order chi connectivity index (χ1) is 17.7. The Bertz CT molecular complexity index is 1090. The summed E-state index contributed by atoms with van der Waals surface area (Å²) >= 11 is 6.71. The molecule has 10 heteroatoms. The van der Waals surface area contributed by atoms with Gasteiger partial charge >= 0.3 is 0 Å². The summed E-state index contributed by atoms with van der Waals surface area (Å²) < 4.78 is 1.41. The number of hydrogen-bond acceptors (Lipinski definition) is 8. The topological polar surface area (TPSA) is 114 Å². The van der Waals surface area contributed by atoms with Crippen LogP contribution < -0.4 is 17.1 Å². The molecule has 0 atom stereocenters. The number of benzene rings is 2. The van der Waals surface area contributed by atoms with Crippen molar-refractivity contribution in [3.05, 3.63) is 80.3 Å². The third-order valence-corrected chi connectivity index (χ3v) is 7.59. The molecular formula is C27H38Br2N6O2. The van der Waals surface area contributed by atoms with Gasteiger partial charge in [0.25, 0.3) is 0 Å². The van der Waals surface area contributed by atoms with Crippen molar-refractivity contribution in [1.29, 1.82) is 0 Å². The van der Waals surface area contributed by atoms with E-state index < -0.39 is 0 Å². The van der Waals surface area contributed by atoms with Crippen LogP contribution in [0.5, 0.6) is 11.5 Å². The number of phenolic OH excluding ortho intramolecular Hbond substituents is 2. The van der Waals surface area contributed by atoms with E-state index in [0.29, 0.717) is 11.0 Å². The van der Waals surface area contributed by atoms with E-state index in [1.807, 2.05) is 37.5 Å². The summed E-state index contributed by atoms with van der Waals surface area (Å²) in [6.07, 6.45) is 12.0. The normalized spacial score (nSPS) is 13.8. The highest BCUT2D eigenvalue weighted by atomic mass is 79.9. The van der Waals surface area contributed by atoms with Crippen LogP contribution >= 0.6 is 31.9 Å². The van der Waals surface area contributed by atoms with Crippen molar-refractivity contribution in [2.24, 2.45) is 11.6 Å². The molecular weight excluding hydrogens is 600 g/mol. The first-order valence-electron chi connectivity index (χ1n) is 12.6. The third-order valence-electron chi connectivity index (χ3n) is 6.32. The second-order valence-electron chi connectivity index (χ2n) is 9.40. The number of unbranched alkanes of at least 4 members (excludes halogenated alkanes) is 3. The fraction of sp³-hybridized carbons (Fsp3) is 0.407. The van der Waals surface area contributed by atoms with Crippen molar-refractivity contribution in [1.82, 2.24) is 20.6 Å². The molecule has 1 aliphatic rings. The number of hydrazine groups is 3. The molecule has 0 saturated carbocycles. The van der Waals surface area contributed by atoms with E-state index in [9.17, 15) is 10.2 Å². The van der Waals surface area contributed by atoms with Crippen molar-refractivity contribution in [3.63, 3.8) is 0 Å². The number of nitrogens with one attached hydrogen (secondary N) is 1. The maximum atomic E-state index is 9.65. The fourth-order valence-corrected chi connectivity index (χ4v) is 5.00. The van der Waals surface area contributed by atoms with Gasteiger partial charge in [-0.3, -0.25) is 10.0 Å². The predicted octanol–water partition coefficient (Wildman–Crippen LogP) is 5.23. The number of hydrogen-bond donors (Lipinski definition) is 5. The van der Waals surface area contributed by atoms with E-state index in [0.717, 1.165) is 73.6 Å². The molecule has 202 valence electrons. The lowest BCUT2D eigenvalue weighted by molar-refractivity contribution is 0.153. The van der Waals surface area contributed by atoms with E-state index in [-0.39, 0.29) is 11.5 Å². The molecule has 0 amide bonds. The second kappa shape index (κ2) is 14.5. The number of aromatic hydroxyl groups is 2. The van der Waals surface area contributed by atoms with Crippen molar-refractivity contribution >= 4 is 31.9 Å². The molecule has 0 fully saturated rings. The molecule has 37 heavy (non-hydrogen) atoms. The lowest BCUT2D eigenvalue weighted by atomic mass is 10.1. The summed E-state index contributed by atoms with van der Waals surface area (Å²) in [5, 5.41) is 25.1. The van der Waals surface area contributed by atoms with Crippen LogP contribution in [-0.2, 0) is 12.8 Å². The van der Waals surface area contributed by atoms with Gasteiger partial charge in [-0.2, -0.15) is 0 Å². The van der Waals surface area contributed by atoms with Gasteiger partial charge in [-0.1, -0.05) is 25.0 Å². The third kappa shape index (κ3) is 9.77. The molecule has 0 unspecified atom stereocenters. The van der Waals surface area contributed by atoms with E-state index in [2.05, 4.69) is 53.6 Å². The van der Waals surface area contributed by atoms with Crippen LogP contribution in [0.15, 0.2) is 69.1 Å². The summed E-state index contributed by atoms with van der Waals surface area (Å²) in [5.74, 6) is 6.59. The quantitative estimate of drug-likeness (QED) is 0.109. The van der Waals surface area contributed by atoms with Crippen molar-refractivity contribution < 1.29 is 10.2 Å². The molecule has 7 N–H and O–H groups in total. The molecule has 0 aliphatic carbocycles. The molecule has 2 aromatic rings. The first-order valence-corrected chi connectivity index (χ1v) is 14.2. The zero-order valence-corrected chi connectivity index (χ0v) is 24.5. The number of nitrogens with zero attached hydrogens (tertiary/aromatic N) is 3. The molecule has 2 aromatic carbocycles. The SMILES string of the molecule is CN1NN(CCc2ccc(O)c(Br)c2)C=C1CCCCCC/C(N)=C/N(N)CCc1ccc(O)c(Br)c1. The molecule has 1 aliphatic heterocycles. The van der Waals surface area contributed by atoms with Gasteiger partial charge in [0.05, 0.1) is 8.95 Å². The van der Waals surface area contributed by atoms with Gasteiger partial charge in [-0.25, -0.2) is 5.84 Å². The van der Waals surface area contributed by atoms with Crippen molar-refractivity contribution in [3.8, 4) is 11.5 Å². The Morgan fingerprint density at radius 2 is 1.57 bits per heavy atom. The van der Waals surface area contributed by atoms with Crippen LogP contribution in [0.1, 0.15) is 49.7 Å². The van der Waals surface area contributed by atoms with Gasteiger partial charge < -0.3 is 21.0 Å². The van der Waals surface area contributed by atoms with Crippen LogP contribution in [0.4, 0.5) is 0 Å². The minimum atomic E-state index is 0.235. The Kier molecular flexibility index (Phi) is 11.4. The molecule has 0 bridgehead atoms. The maximum Gasteiger partial charge on any atom is 0.129 e. The number of rotatable bonds is 14. The van der Waals surface area contributed by atoms with Gasteiger partial charge in [0.1, 0.15) is 11.5 Å². The molecule has 0 spiro atoms. The summed E-state index contributed by atoms with van der Waals surface area (Å²) in [4.78, 5) is 0. The highest BCUT2D eigenvalue weighted by Gasteiger charge is 2.16. The van der Waals surface area contributed by atoms with Crippen molar-refractivity contribution in [2.75, 3.05) is 20.1 Å². The number of halogens is 2. The lowest BCUT2D eigenvalue weighted by Crippen LogP contribution is -2.38. The number of phenols is 2. The Morgan fingerprint density at radius 3 is 2.22 bits per heavy atom. The highest BCUT2D eigenvalue weighted by Crippen LogP contribution is 2.26. The summed E-state index contributed by atoms with van der Waals surface area (Å²) in [6.45, 7) is 1.50. The fourth-order valence-electron chi connectivity index (χ4n) is 4.15. The van der Waals surface area contributed by atoms with Gasteiger partial charge in [-0.05, 0) is 106 Å². The van der Waals surface area contributed by atoms with E-state index in [1.54, 1.807) is 17.1 Å². The van der Waals surface area contributed by atoms with Crippen LogP contribution in [0.3, 0.4) is 0 Å². The second-order valence-corrected chi connectivity index (χ2v) is 11.1. The summed E-state index contributed by atoms with van der Waals surface area (Å²) in [5.41, 5.74) is 13.9. The largest absolute Gasteiger partial charge is 0.507 e. The zero-order valence-electron chi connectivity index (χ0n) is 21.3. The lowest BCUT2D eigenvalue weighted by Gasteiger charge is -2.21. The summed E-state index contributed by atoms with van der Waals surface area (Å²) in [6, 6.07) is 11.1. The average Bonchev–Trinajstić information content (AvgIpc) is 3.22. The van der Waals surface area contributed by atoms with Crippen LogP contribution in [-0.4, -0.2) is 45.4 Å². The number of nitrogens with two attached hydrogens (primary N) is 2. The number of allylic oxidation sites excluding steroid dienone is 2. The van der Waals surface area contributed by atoms with Crippen LogP contribution in [0.2, 0.25) is 0 Å². The average molecular weight is 638 g/mol. The Hall–Kier alpha value is -2.40. The molecule has 3 rings (SSSR count). The molecule has 8 nitrogen and oxygen atoms in total. The van der Waals surface area contributed by atoms with Crippen LogP contribution in [0, 0.1) is 0 Å². The van der Waals surface area contributed by atoms with Gasteiger partial charge in [0.15, 0.2) is 0 Å². The molecule has 0 radical (unpaired) electrons.